The second kappa shape index (κ2) is 9.32. The Balaban J connectivity index is 1.29. The van der Waals surface area contributed by atoms with Crippen molar-refractivity contribution in [2.24, 2.45) is 0 Å². The van der Waals surface area contributed by atoms with Crippen molar-refractivity contribution in [2.75, 3.05) is 6.54 Å². The zero-order chi connectivity index (χ0) is 19.2. The summed E-state index contributed by atoms with van der Waals surface area (Å²) in [5, 5.41) is 7.77. The van der Waals surface area contributed by atoms with Crippen LogP contribution in [-0.2, 0) is 30.8 Å². The van der Waals surface area contributed by atoms with E-state index in [9.17, 15) is 4.79 Å². The summed E-state index contributed by atoms with van der Waals surface area (Å²) in [5.41, 5.74) is 3.35. The molecule has 1 saturated carbocycles. The minimum atomic E-state index is 0.0656. The van der Waals surface area contributed by atoms with E-state index in [1.54, 1.807) is 6.20 Å². The number of carbonyl (C=O) groups excluding carboxylic acids is 1. The molecule has 4 rings (SSSR count). The van der Waals surface area contributed by atoms with Gasteiger partial charge in [0.15, 0.2) is 0 Å². The summed E-state index contributed by atoms with van der Waals surface area (Å²) in [6, 6.07) is 6.83. The minimum absolute atomic E-state index is 0.0656. The number of rotatable bonds is 6. The number of hydrogen-bond acceptors (Lipinski definition) is 4. The molecule has 2 aromatic rings. The van der Waals surface area contributed by atoms with Crippen molar-refractivity contribution in [3.05, 3.63) is 47.5 Å². The van der Waals surface area contributed by atoms with Crippen molar-refractivity contribution in [3.63, 3.8) is 0 Å². The molecule has 0 radical (unpaired) electrons. The molecule has 1 N–H and O–H groups in total. The lowest BCUT2D eigenvalue weighted by atomic mass is 9.94. The van der Waals surface area contributed by atoms with Gasteiger partial charge in [0.25, 0.3) is 0 Å². The van der Waals surface area contributed by atoms with Crippen molar-refractivity contribution >= 4 is 5.91 Å². The highest BCUT2D eigenvalue weighted by Gasteiger charge is 2.24. The van der Waals surface area contributed by atoms with Crippen molar-refractivity contribution in [1.29, 1.82) is 0 Å². The lowest BCUT2D eigenvalue weighted by molar-refractivity contribution is -0.121. The van der Waals surface area contributed by atoms with E-state index in [1.807, 2.05) is 18.3 Å². The van der Waals surface area contributed by atoms with Crippen LogP contribution in [0.25, 0.3) is 0 Å². The molecule has 0 bridgehead atoms. The van der Waals surface area contributed by atoms with Gasteiger partial charge in [-0.05, 0) is 43.4 Å². The van der Waals surface area contributed by atoms with Gasteiger partial charge in [0.1, 0.15) is 0 Å². The van der Waals surface area contributed by atoms with Crippen molar-refractivity contribution < 1.29 is 4.79 Å². The molecule has 0 aromatic carbocycles. The molecule has 0 spiro atoms. The SMILES string of the molecule is O=C(CCc1cccnc1)NCc1cc2n(n1)CCCN(C1CCCCC1)C2. The molecule has 1 aliphatic heterocycles. The van der Waals surface area contributed by atoms with Crippen LogP contribution in [0.2, 0.25) is 0 Å². The molecule has 28 heavy (non-hydrogen) atoms. The van der Waals surface area contributed by atoms with E-state index in [-0.39, 0.29) is 5.91 Å². The van der Waals surface area contributed by atoms with E-state index in [0.717, 1.165) is 43.2 Å². The highest BCUT2D eigenvalue weighted by atomic mass is 16.1. The summed E-state index contributed by atoms with van der Waals surface area (Å²) in [6.45, 7) is 3.66. The molecule has 6 heteroatoms. The van der Waals surface area contributed by atoms with Gasteiger partial charge in [-0.3, -0.25) is 19.4 Å². The van der Waals surface area contributed by atoms with Crippen LogP contribution in [0, 0.1) is 0 Å². The second-order valence-corrected chi connectivity index (χ2v) is 8.10. The summed E-state index contributed by atoms with van der Waals surface area (Å²) in [6.07, 6.45) is 12.7. The zero-order valence-electron chi connectivity index (χ0n) is 16.6. The Morgan fingerprint density at radius 1 is 1.18 bits per heavy atom. The van der Waals surface area contributed by atoms with E-state index < -0.39 is 0 Å². The maximum absolute atomic E-state index is 12.2. The van der Waals surface area contributed by atoms with Crippen molar-refractivity contribution in [1.82, 2.24) is 25.0 Å². The fourth-order valence-corrected chi connectivity index (χ4v) is 4.47. The molecule has 3 heterocycles. The fourth-order valence-electron chi connectivity index (χ4n) is 4.47. The van der Waals surface area contributed by atoms with Crippen LogP contribution in [0.4, 0.5) is 0 Å². The highest BCUT2D eigenvalue weighted by Crippen LogP contribution is 2.26. The zero-order valence-corrected chi connectivity index (χ0v) is 16.6. The molecular formula is C22H31N5O. The maximum Gasteiger partial charge on any atom is 0.220 e. The predicted molar refractivity (Wildman–Crippen MR) is 109 cm³/mol. The number of nitrogens with zero attached hydrogens (tertiary/aromatic N) is 4. The first-order valence-electron chi connectivity index (χ1n) is 10.7. The molecule has 1 amide bonds. The van der Waals surface area contributed by atoms with Gasteiger partial charge in [0.2, 0.25) is 5.91 Å². The molecule has 150 valence electrons. The van der Waals surface area contributed by atoms with Crippen LogP contribution in [0.5, 0.6) is 0 Å². The first-order chi connectivity index (χ1) is 13.8. The number of fused-ring (bicyclic) bond motifs is 1. The summed E-state index contributed by atoms with van der Waals surface area (Å²) >= 11 is 0. The topological polar surface area (TPSA) is 63.1 Å². The number of pyridine rings is 1. The predicted octanol–water partition coefficient (Wildman–Crippen LogP) is 3.07. The summed E-state index contributed by atoms with van der Waals surface area (Å²) in [5.74, 6) is 0.0656. The smallest absolute Gasteiger partial charge is 0.220 e. The standard InChI is InChI=1S/C22H31N5O/c28-22(10-9-18-6-4-11-23-15-18)24-16-19-14-21-17-26(12-5-13-27(21)25-19)20-7-2-1-3-8-20/h4,6,11,14-15,20H,1-3,5,7-10,12-13,16-17H2,(H,24,28). The van der Waals surface area contributed by atoms with Crippen LogP contribution in [0.3, 0.4) is 0 Å². The van der Waals surface area contributed by atoms with Gasteiger partial charge in [-0.1, -0.05) is 25.3 Å². The quantitative estimate of drug-likeness (QED) is 0.835. The number of carbonyl (C=O) groups is 1. The first-order valence-corrected chi connectivity index (χ1v) is 10.7. The molecule has 0 unspecified atom stereocenters. The van der Waals surface area contributed by atoms with Crippen LogP contribution in [0.1, 0.15) is 61.9 Å². The number of aryl methyl sites for hydroxylation is 2. The van der Waals surface area contributed by atoms with Gasteiger partial charge in [0, 0.05) is 44.5 Å². The second-order valence-electron chi connectivity index (χ2n) is 8.10. The molecule has 1 aliphatic carbocycles. The molecule has 6 nitrogen and oxygen atoms in total. The van der Waals surface area contributed by atoms with Crippen molar-refractivity contribution in [3.8, 4) is 0 Å². The number of nitrogens with one attached hydrogen (secondary N) is 1. The molecule has 0 saturated heterocycles. The maximum atomic E-state index is 12.2. The van der Waals surface area contributed by atoms with Gasteiger partial charge in [-0.2, -0.15) is 5.10 Å². The number of aromatic nitrogens is 3. The summed E-state index contributed by atoms with van der Waals surface area (Å²) in [4.78, 5) is 18.9. The van der Waals surface area contributed by atoms with Crippen LogP contribution >= 0.6 is 0 Å². The van der Waals surface area contributed by atoms with E-state index in [0.29, 0.717) is 13.0 Å². The van der Waals surface area contributed by atoms with E-state index >= 15 is 0 Å². The minimum Gasteiger partial charge on any atom is -0.350 e. The Bertz CT molecular complexity index is 766. The van der Waals surface area contributed by atoms with Crippen LogP contribution in [0.15, 0.2) is 30.6 Å². The third kappa shape index (κ3) is 4.98. The van der Waals surface area contributed by atoms with E-state index in [2.05, 4.69) is 25.9 Å². The lowest BCUT2D eigenvalue weighted by Crippen LogP contribution is -2.36. The molecule has 0 atom stereocenters. The Morgan fingerprint density at radius 2 is 2.07 bits per heavy atom. The van der Waals surface area contributed by atoms with Gasteiger partial charge < -0.3 is 5.32 Å². The van der Waals surface area contributed by atoms with Crippen molar-refractivity contribution in [2.45, 2.75) is 77.0 Å². The van der Waals surface area contributed by atoms with Gasteiger partial charge >= 0.3 is 0 Å². The van der Waals surface area contributed by atoms with Gasteiger partial charge in [-0.25, -0.2) is 0 Å². The number of amides is 1. The monoisotopic (exact) mass is 381 g/mol. The molecule has 2 aromatic heterocycles. The van der Waals surface area contributed by atoms with E-state index in [1.165, 1.54) is 44.3 Å². The molecule has 1 fully saturated rings. The van der Waals surface area contributed by atoms with Gasteiger partial charge in [-0.15, -0.1) is 0 Å². The van der Waals surface area contributed by atoms with Gasteiger partial charge in [0.05, 0.1) is 17.9 Å². The first kappa shape index (κ1) is 19.1. The average Bonchev–Trinajstić information content (AvgIpc) is 3.02. The van der Waals surface area contributed by atoms with Crippen LogP contribution in [-0.4, -0.2) is 38.2 Å². The average molecular weight is 382 g/mol. The Labute approximate surface area is 167 Å². The molecule has 2 aliphatic rings. The Kier molecular flexibility index (Phi) is 6.37. The summed E-state index contributed by atoms with van der Waals surface area (Å²) in [7, 11) is 0. The third-order valence-corrected chi connectivity index (χ3v) is 6.02. The normalized spacial score (nSPS) is 18.4. The molecular weight excluding hydrogens is 350 g/mol. The van der Waals surface area contributed by atoms with E-state index in [4.69, 9.17) is 5.10 Å². The van der Waals surface area contributed by atoms with Crippen LogP contribution < -0.4 is 5.32 Å². The third-order valence-electron chi connectivity index (χ3n) is 6.02. The Morgan fingerprint density at radius 3 is 2.89 bits per heavy atom. The summed E-state index contributed by atoms with van der Waals surface area (Å²) < 4.78 is 2.15. The largest absolute Gasteiger partial charge is 0.350 e. The highest BCUT2D eigenvalue weighted by molar-refractivity contribution is 5.76. The lowest BCUT2D eigenvalue weighted by Gasteiger charge is -2.33. The number of hydrogen-bond donors (Lipinski definition) is 1. The Hall–Kier alpha value is -2.21. The fraction of sp³-hybridized carbons (Fsp3) is 0.591.